The normalized spacial score (nSPS) is 13.1. The first-order chi connectivity index (χ1) is 6.65. The number of anilines is 1. The molecule has 0 fully saturated rings. The largest absolute Gasteiger partial charge is 0.398 e. The summed E-state index contributed by atoms with van der Waals surface area (Å²) in [6.45, 7) is 0.784. The smallest absolute Gasteiger partial charge is 0.0622 e. The molecular formula is C9H17N5. The first-order valence-corrected chi connectivity index (χ1v) is 4.45. The molecule has 14 heavy (non-hydrogen) atoms. The fourth-order valence-corrected chi connectivity index (χ4v) is 1.31. The topological polar surface area (TPSA) is 80.2 Å². The third-order valence-corrected chi connectivity index (χ3v) is 2.01. The van der Waals surface area contributed by atoms with E-state index in [0.717, 1.165) is 12.1 Å². The first-order valence-electron chi connectivity index (χ1n) is 4.45. The lowest BCUT2D eigenvalue weighted by Gasteiger charge is -2.21. The highest BCUT2D eigenvalue weighted by molar-refractivity contribution is 5.46. The summed E-state index contributed by atoms with van der Waals surface area (Å²) in [6, 6.07) is 1.79. The van der Waals surface area contributed by atoms with Crippen LogP contribution in [0, 0.1) is 0 Å². The number of nitrogen functional groups attached to an aromatic ring is 1. The van der Waals surface area contributed by atoms with Crippen molar-refractivity contribution in [2.24, 2.45) is 5.84 Å². The second-order valence-electron chi connectivity index (χ2n) is 3.49. The van der Waals surface area contributed by atoms with Crippen molar-refractivity contribution in [3.8, 4) is 0 Å². The Kier molecular flexibility index (Phi) is 3.82. The third kappa shape index (κ3) is 2.66. The van der Waals surface area contributed by atoms with Gasteiger partial charge in [-0.1, -0.05) is 0 Å². The quantitative estimate of drug-likeness (QED) is 0.455. The number of likely N-dealkylation sites (N-methyl/N-ethyl adjacent to an activating group) is 1. The molecule has 1 aromatic rings. The molecule has 5 N–H and O–H groups in total. The van der Waals surface area contributed by atoms with Crippen LogP contribution in [0.5, 0.6) is 0 Å². The molecule has 5 heteroatoms. The van der Waals surface area contributed by atoms with Crippen LogP contribution in [0.3, 0.4) is 0 Å². The van der Waals surface area contributed by atoms with Crippen LogP contribution in [0.2, 0.25) is 0 Å². The minimum Gasteiger partial charge on any atom is -0.398 e. The van der Waals surface area contributed by atoms with Crippen LogP contribution in [-0.2, 0) is 0 Å². The number of nitrogens with two attached hydrogens (primary N) is 2. The molecule has 1 unspecified atom stereocenters. The van der Waals surface area contributed by atoms with Crippen LogP contribution in [0.15, 0.2) is 18.5 Å². The van der Waals surface area contributed by atoms with E-state index in [1.165, 1.54) is 0 Å². The number of pyridine rings is 1. The van der Waals surface area contributed by atoms with Crippen molar-refractivity contribution in [3.05, 3.63) is 24.0 Å². The van der Waals surface area contributed by atoms with E-state index in [-0.39, 0.29) is 6.04 Å². The van der Waals surface area contributed by atoms with E-state index in [1.54, 1.807) is 18.5 Å². The van der Waals surface area contributed by atoms with Gasteiger partial charge in [-0.3, -0.25) is 16.3 Å². The second-order valence-corrected chi connectivity index (χ2v) is 3.49. The highest BCUT2D eigenvalue weighted by Crippen LogP contribution is 2.18. The highest BCUT2D eigenvalue weighted by atomic mass is 15.3. The van der Waals surface area contributed by atoms with Gasteiger partial charge in [0.1, 0.15) is 0 Å². The lowest BCUT2D eigenvalue weighted by molar-refractivity contribution is 0.344. The van der Waals surface area contributed by atoms with Crippen LogP contribution < -0.4 is 17.0 Å². The van der Waals surface area contributed by atoms with Crippen molar-refractivity contribution < 1.29 is 0 Å². The number of aromatic nitrogens is 1. The van der Waals surface area contributed by atoms with Crippen molar-refractivity contribution >= 4 is 5.69 Å². The van der Waals surface area contributed by atoms with E-state index in [4.69, 9.17) is 11.6 Å². The predicted molar refractivity (Wildman–Crippen MR) is 57.3 cm³/mol. The summed E-state index contributed by atoms with van der Waals surface area (Å²) >= 11 is 0. The number of nitrogens with zero attached hydrogens (tertiary/aromatic N) is 2. The molecule has 0 aliphatic carbocycles. The van der Waals surface area contributed by atoms with Gasteiger partial charge in [0, 0.05) is 30.2 Å². The number of nitrogens with one attached hydrogen (secondary N) is 1. The predicted octanol–water partition coefficient (Wildman–Crippen LogP) is -0.270. The van der Waals surface area contributed by atoms with Crippen LogP contribution in [0.1, 0.15) is 11.6 Å². The Morgan fingerprint density at radius 3 is 2.79 bits per heavy atom. The molecule has 1 aromatic heterocycles. The van der Waals surface area contributed by atoms with Crippen molar-refractivity contribution in [1.82, 2.24) is 15.3 Å². The SMILES string of the molecule is CN(C)CC(NN)c1cnccc1N. The fourth-order valence-electron chi connectivity index (χ4n) is 1.31. The molecule has 0 saturated carbocycles. The zero-order chi connectivity index (χ0) is 10.6. The van der Waals surface area contributed by atoms with Gasteiger partial charge < -0.3 is 10.6 Å². The van der Waals surface area contributed by atoms with Gasteiger partial charge >= 0.3 is 0 Å². The van der Waals surface area contributed by atoms with E-state index in [2.05, 4.69) is 10.4 Å². The number of hydrogen-bond donors (Lipinski definition) is 3. The molecule has 5 nitrogen and oxygen atoms in total. The van der Waals surface area contributed by atoms with Crippen LogP contribution >= 0.6 is 0 Å². The Morgan fingerprint density at radius 1 is 1.57 bits per heavy atom. The maximum absolute atomic E-state index is 5.82. The Labute approximate surface area is 84.1 Å². The molecule has 1 atom stereocenters. The monoisotopic (exact) mass is 195 g/mol. The van der Waals surface area contributed by atoms with Gasteiger partial charge in [0.05, 0.1) is 6.04 Å². The number of rotatable bonds is 4. The summed E-state index contributed by atoms with van der Waals surface area (Å²) in [6.07, 6.45) is 3.41. The molecule has 0 aromatic carbocycles. The van der Waals surface area contributed by atoms with Crippen LogP contribution in [0.4, 0.5) is 5.69 Å². The molecule has 78 valence electrons. The maximum atomic E-state index is 5.82. The summed E-state index contributed by atoms with van der Waals surface area (Å²) < 4.78 is 0. The summed E-state index contributed by atoms with van der Waals surface area (Å²) in [5.74, 6) is 5.46. The average molecular weight is 195 g/mol. The first kappa shape index (κ1) is 10.9. The Hall–Kier alpha value is -1.17. The van der Waals surface area contributed by atoms with Crippen molar-refractivity contribution in [2.75, 3.05) is 26.4 Å². The number of hydrazine groups is 1. The molecule has 0 aliphatic rings. The second kappa shape index (κ2) is 4.90. The van der Waals surface area contributed by atoms with Gasteiger partial charge in [0.25, 0.3) is 0 Å². The molecule has 0 bridgehead atoms. The van der Waals surface area contributed by atoms with Crippen molar-refractivity contribution in [1.29, 1.82) is 0 Å². The summed E-state index contributed by atoms with van der Waals surface area (Å²) in [5.41, 5.74) is 10.2. The summed E-state index contributed by atoms with van der Waals surface area (Å²) in [4.78, 5) is 6.07. The molecular weight excluding hydrogens is 178 g/mol. The Morgan fingerprint density at radius 2 is 2.29 bits per heavy atom. The molecule has 0 spiro atoms. The van der Waals surface area contributed by atoms with Gasteiger partial charge in [-0.05, 0) is 20.2 Å². The maximum Gasteiger partial charge on any atom is 0.0622 e. The van der Waals surface area contributed by atoms with E-state index < -0.39 is 0 Å². The lowest BCUT2D eigenvalue weighted by Crippen LogP contribution is -2.35. The van der Waals surface area contributed by atoms with Crippen molar-refractivity contribution in [2.45, 2.75) is 6.04 Å². The van der Waals surface area contributed by atoms with Crippen LogP contribution in [0.25, 0.3) is 0 Å². The molecule has 0 radical (unpaired) electrons. The van der Waals surface area contributed by atoms with Gasteiger partial charge in [-0.2, -0.15) is 0 Å². The van der Waals surface area contributed by atoms with E-state index in [0.29, 0.717) is 5.69 Å². The molecule has 0 saturated heterocycles. The molecule has 0 amide bonds. The van der Waals surface area contributed by atoms with Gasteiger partial charge in [-0.25, -0.2) is 0 Å². The Balaban J connectivity index is 2.83. The zero-order valence-electron chi connectivity index (χ0n) is 8.57. The van der Waals surface area contributed by atoms with E-state index in [1.807, 2.05) is 19.0 Å². The lowest BCUT2D eigenvalue weighted by atomic mass is 10.1. The van der Waals surface area contributed by atoms with Gasteiger partial charge in [-0.15, -0.1) is 0 Å². The highest BCUT2D eigenvalue weighted by Gasteiger charge is 2.13. The zero-order valence-corrected chi connectivity index (χ0v) is 8.57. The third-order valence-electron chi connectivity index (χ3n) is 2.01. The molecule has 1 heterocycles. The van der Waals surface area contributed by atoms with E-state index in [9.17, 15) is 0 Å². The molecule has 1 rings (SSSR count). The van der Waals surface area contributed by atoms with Crippen LogP contribution in [-0.4, -0.2) is 30.5 Å². The standard InChI is InChI=1S/C9H17N5/c1-14(2)6-9(13-11)7-5-12-4-3-8(7)10/h3-5,9,13H,6,11H2,1-2H3,(H2,10,12). The Bertz CT molecular complexity index is 286. The van der Waals surface area contributed by atoms with Gasteiger partial charge in [0.2, 0.25) is 0 Å². The minimum atomic E-state index is 0.0127. The van der Waals surface area contributed by atoms with Crippen molar-refractivity contribution in [3.63, 3.8) is 0 Å². The average Bonchev–Trinajstić information content (AvgIpc) is 2.15. The fraction of sp³-hybridized carbons (Fsp3) is 0.444. The minimum absolute atomic E-state index is 0.0127. The summed E-state index contributed by atoms with van der Waals surface area (Å²) in [5, 5.41) is 0. The van der Waals surface area contributed by atoms with E-state index >= 15 is 0 Å². The molecule has 0 aliphatic heterocycles. The summed E-state index contributed by atoms with van der Waals surface area (Å²) in [7, 11) is 3.97. The number of hydrogen-bond acceptors (Lipinski definition) is 5. The van der Waals surface area contributed by atoms with Gasteiger partial charge in [0.15, 0.2) is 0 Å².